The Morgan fingerprint density at radius 1 is 1.23 bits per heavy atom. The van der Waals surface area contributed by atoms with Gasteiger partial charge in [-0.3, -0.25) is 9.69 Å². The maximum Gasteiger partial charge on any atom is 0.238 e. The number of nitrogens with one attached hydrogen (secondary N) is 1. The molecule has 0 unspecified atom stereocenters. The number of rotatable bonds is 6. The van der Waals surface area contributed by atoms with Gasteiger partial charge in [0.15, 0.2) is 0 Å². The summed E-state index contributed by atoms with van der Waals surface area (Å²) in [6, 6.07) is 15.2. The average Bonchev–Trinajstić information content (AvgIpc) is 2.50. The van der Waals surface area contributed by atoms with Gasteiger partial charge in [-0.15, -0.1) is 0 Å². The van der Waals surface area contributed by atoms with Crippen LogP contribution in [-0.2, 0) is 11.3 Å². The Bertz CT molecular complexity index is 629. The van der Waals surface area contributed by atoms with E-state index in [9.17, 15) is 4.79 Å². The molecule has 0 saturated carbocycles. The Labute approximate surface area is 130 Å². The second-order valence-corrected chi connectivity index (χ2v) is 5.16. The highest BCUT2D eigenvalue weighted by molar-refractivity contribution is 5.95. The van der Waals surface area contributed by atoms with Crippen LogP contribution < -0.4 is 15.8 Å². The van der Waals surface area contributed by atoms with E-state index in [0.717, 1.165) is 0 Å². The quantitative estimate of drug-likeness (QED) is 0.804. The zero-order valence-electron chi connectivity index (χ0n) is 12.9. The van der Waals surface area contributed by atoms with Crippen molar-refractivity contribution in [3.63, 3.8) is 0 Å². The van der Waals surface area contributed by atoms with Crippen molar-refractivity contribution in [3.8, 4) is 5.75 Å². The SMILES string of the molecule is COc1ccc(NC(=O)CN(C)Cc2ccccc2)c(N)c1. The van der Waals surface area contributed by atoms with Crippen molar-refractivity contribution in [2.75, 3.05) is 31.8 Å². The lowest BCUT2D eigenvalue weighted by Gasteiger charge is -2.17. The molecule has 2 aromatic carbocycles. The maximum absolute atomic E-state index is 12.1. The third kappa shape index (κ3) is 4.49. The van der Waals surface area contributed by atoms with Crippen molar-refractivity contribution in [2.24, 2.45) is 0 Å². The van der Waals surface area contributed by atoms with E-state index in [2.05, 4.69) is 5.32 Å². The Balaban J connectivity index is 1.90. The van der Waals surface area contributed by atoms with Crippen molar-refractivity contribution in [1.82, 2.24) is 4.90 Å². The summed E-state index contributed by atoms with van der Waals surface area (Å²) in [5, 5.41) is 2.82. The van der Waals surface area contributed by atoms with Gasteiger partial charge in [-0.2, -0.15) is 0 Å². The second-order valence-electron chi connectivity index (χ2n) is 5.16. The number of amides is 1. The van der Waals surface area contributed by atoms with Crippen LogP contribution in [0.1, 0.15) is 5.56 Å². The number of anilines is 2. The van der Waals surface area contributed by atoms with Crippen LogP contribution in [0.15, 0.2) is 48.5 Å². The number of hydrogen-bond acceptors (Lipinski definition) is 4. The number of likely N-dealkylation sites (N-methyl/N-ethyl adjacent to an activating group) is 1. The zero-order chi connectivity index (χ0) is 15.9. The number of carbonyl (C=O) groups is 1. The lowest BCUT2D eigenvalue weighted by Crippen LogP contribution is -2.30. The maximum atomic E-state index is 12.1. The molecule has 2 rings (SSSR count). The van der Waals surface area contributed by atoms with Crippen molar-refractivity contribution in [3.05, 3.63) is 54.1 Å². The summed E-state index contributed by atoms with van der Waals surface area (Å²) in [4.78, 5) is 14.0. The van der Waals surface area contributed by atoms with Gasteiger partial charge in [0.05, 0.1) is 25.0 Å². The molecule has 0 fully saturated rings. The van der Waals surface area contributed by atoms with Gasteiger partial charge in [-0.1, -0.05) is 30.3 Å². The summed E-state index contributed by atoms with van der Waals surface area (Å²) in [7, 11) is 3.48. The molecule has 0 atom stereocenters. The van der Waals surface area contributed by atoms with Gasteiger partial charge in [0, 0.05) is 12.6 Å². The lowest BCUT2D eigenvalue weighted by molar-refractivity contribution is -0.117. The van der Waals surface area contributed by atoms with E-state index in [1.807, 2.05) is 42.3 Å². The van der Waals surface area contributed by atoms with Crippen molar-refractivity contribution in [2.45, 2.75) is 6.54 Å². The molecule has 0 aliphatic rings. The van der Waals surface area contributed by atoms with Gasteiger partial charge < -0.3 is 15.8 Å². The summed E-state index contributed by atoms with van der Waals surface area (Å²) >= 11 is 0. The first-order chi connectivity index (χ1) is 10.6. The predicted molar refractivity (Wildman–Crippen MR) is 88.8 cm³/mol. The minimum atomic E-state index is -0.102. The Morgan fingerprint density at radius 3 is 2.59 bits per heavy atom. The third-order valence-corrected chi connectivity index (χ3v) is 3.24. The Hall–Kier alpha value is -2.53. The van der Waals surface area contributed by atoms with Crippen LogP contribution in [0.25, 0.3) is 0 Å². The molecular weight excluding hydrogens is 278 g/mol. The minimum absolute atomic E-state index is 0.102. The highest BCUT2D eigenvalue weighted by atomic mass is 16.5. The smallest absolute Gasteiger partial charge is 0.238 e. The van der Waals surface area contributed by atoms with Crippen LogP contribution in [0.2, 0.25) is 0 Å². The molecule has 1 amide bonds. The van der Waals surface area contributed by atoms with Crippen molar-refractivity contribution >= 4 is 17.3 Å². The highest BCUT2D eigenvalue weighted by Gasteiger charge is 2.09. The number of carbonyl (C=O) groups excluding carboxylic acids is 1. The van der Waals surface area contributed by atoms with Gasteiger partial charge in [0.2, 0.25) is 5.91 Å². The van der Waals surface area contributed by atoms with E-state index < -0.39 is 0 Å². The molecule has 0 saturated heterocycles. The van der Waals surface area contributed by atoms with Crippen LogP contribution in [0.5, 0.6) is 5.75 Å². The minimum Gasteiger partial charge on any atom is -0.497 e. The average molecular weight is 299 g/mol. The number of hydrogen-bond donors (Lipinski definition) is 2. The topological polar surface area (TPSA) is 67.6 Å². The lowest BCUT2D eigenvalue weighted by atomic mass is 10.2. The van der Waals surface area contributed by atoms with Gasteiger partial charge in [-0.05, 0) is 24.7 Å². The summed E-state index contributed by atoms with van der Waals surface area (Å²) in [5.41, 5.74) is 8.14. The number of nitrogens with zero attached hydrogens (tertiary/aromatic N) is 1. The number of nitrogen functional groups attached to an aromatic ring is 1. The standard InChI is InChI=1S/C17H21N3O2/c1-20(11-13-6-4-3-5-7-13)12-17(21)19-16-9-8-14(22-2)10-15(16)18/h3-10H,11-12,18H2,1-2H3,(H,19,21). The fourth-order valence-corrected chi connectivity index (χ4v) is 2.17. The molecular formula is C17H21N3O2. The Kier molecular flexibility index (Phi) is 5.38. The van der Waals surface area contributed by atoms with Gasteiger partial charge in [0.1, 0.15) is 5.75 Å². The first kappa shape index (κ1) is 15.9. The normalized spacial score (nSPS) is 10.5. The number of ether oxygens (including phenoxy) is 1. The van der Waals surface area contributed by atoms with Gasteiger partial charge in [0.25, 0.3) is 0 Å². The van der Waals surface area contributed by atoms with Crippen molar-refractivity contribution in [1.29, 1.82) is 0 Å². The molecule has 116 valence electrons. The molecule has 5 heteroatoms. The molecule has 3 N–H and O–H groups in total. The van der Waals surface area contributed by atoms with E-state index in [0.29, 0.717) is 30.2 Å². The molecule has 0 spiro atoms. The highest BCUT2D eigenvalue weighted by Crippen LogP contribution is 2.23. The van der Waals surface area contributed by atoms with Crippen LogP contribution in [0, 0.1) is 0 Å². The fourth-order valence-electron chi connectivity index (χ4n) is 2.17. The molecule has 0 aliphatic carbocycles. The molecule has 0 bridgehead atoms. The summed E-state index contributed by atoms with van der Waals surface area (Å²) in [6.45, 7) is 1.01. The van der Waals surface area contributed by atoms with E-state index in [-0.39, 0.29) is 5.91 Å². The largest absolute Gasteiger partial charge is 0.497 e. The van der Waals surface area contributed by atoms with Crippen LogP contribution in [-0.4, -0.2) is 31.5 Å². The number of methoxy groups -OCH3 is 1. The first-order valence-electron chi connectivity index (χ1n) is 7.04. The van der Waals surface area contributed by atoms with Crippen LogP contribution >= 0.6 is 0 Å². The molecule has 0 aliphatic heterocycles. The molecule has 2 aromatic rings. The Morgan fingerprint density at radius 2 is 1.95 bits per heavy atom. The number of benzene rings is 2. The number of nitrogens with two attached hydrogens (primary N) is 1. The van der Waals surface area contributed by atoms with Crippen molar-refractivity contribution < 1.29 is 9.53 Å². The zero-order valence-corrected chi connectivity index (χ0v) is 12.9. The van der Waals surface area contributed by atoms with Gasteiger partial charge >= 0.3 is 0 Å². The second kappa shape index (κ2) is 7.47. The molecule has 22 heavy (non-hydrogen) atoms. The first-order valence-corrected chi connectivity index (χ1v) is 7.04. The van der Waals surface area contributed by atoms with E-state index >= 15 is 0 Å². The predicted octanol–water partition coefficient (Wildman–Crippen LogP) is 2.35. The monoisotopic (exact) mass is 299 g/mol. The molecule has 0 heterocycles. The fraction of sp³-hybridized carbons (Fsp3) is 0.235. The summed E-state index contributed by atoms with van der Waals surface area (Å²) in [6.07, 6.45) is 0. The molecule has 5 nitrogen and oxygen atoms in total. The summed E-state index contributed by atoms with van der Waals surface area (Å²) < 4.78 is 5.08. The van der Waals surface area contributed by atoms with Crippen LogP contribution in [0.3, 0.4) is 0 Å². The van der Waals surface area contributed by atoms with E-state index in [1.165, 1.54) is 5.56 Å². The summed E-state index contributed by atoms with van der Waals surface area (Å²) in [5.74, 6) is 0.562. The van der Waals surface area contributed by atoms with E-state index in [4.69, 9.17) is 10.5 Å². The van der Waals surface area contributed by atoms with Crippen LogP contribution in [0.4, 0.5) is 11.4 Å². The third-order valence-electron chi connectivity index (χ3n) is 3.24. The molecule has 0 radical (unpaired) electrons. The molecule has 0 aromatic heterocycles. The van der Waals surface area contributed by atoms with E-state index in [1.54, 1.807) is 25.3 Å². The van der Waals surface area contributed by atoms with Gasteiger partial charge in [-0.25, -0.2) is 0 Å².